The van der Waals surface area contributed by atoms with E-state index in [1.807, 2.05) is 0 Å². The van der Waals surface area contributed by atoms with Gasteiger partial charge in [-0.1, -0.05) is 0 Å². The molecule has 0 bridgehead atoms. The Balaban J connectivity index is 3.52. The first kappa shape index (κ1) is 11.9. The van der Waals surface area contributed by atoms with Gasteiger partial charge in [0.25, 0.3) is 0 Å². The number of carbonyl (C=O) groups excluding carboxylic acids is 2. The summed E-state index contributed by atoms with van der Waals surface area (Å²) in [7, 11) is 3.56. The van der Waals surface area contributed by atoms with E-state index < -0.39 is 5.97 Å². The van der Waals surface area contributed by atoms with Crippen LogP contribution in [0.25, 0.3) is 0 Å². The zero-order valence-corrected chi connectivity index (χ0v) is 8.29. The van der Waals surface area contributed by atoms with Crippen LogP contribution in [-0.4, -0.2) is 50.6 Å². The van der Waals surface area contributed by atoms with Gasteiger partial charge in [0.2, 0.25) is 5.91 Å². The van der Waals surface area contributed by atoms with Gasteiger partial charge in [-0.2, -0.15) is 0 Å². The lowest BCUT2D eigenvalue weighted by atomic mass is 10.5. The van der Waals surface area contributed by atoms with Crippen molar-refractivity contribution in [1.29, 1.82) is 0 Å². The molecule has 0 aromatic rings. The topological polar surface area (TPSA) is 58.6 Å². The summed E-state index contributed by atoms with van der Waals surface area (Å²) < 4.78 is 4.63. The molecule has 0 aromatic heterocycles. The van der Waals surface area contributed by atoms with Gasteiger partial charge in [-0.05, 0) is 21.0 Å². The molecule has 0 aromatic carbocycles. The second-order valence-corrected chi connectivity index (χ2v) is 2.82. The first-order valence-corrected chi connectivity index (χ1v) is 4.13. The molecule has 0 saturated carbocycles. The van der Waals surface area contributed by atoms with Gasteiger partial charge in [0.05, 0.1) is 13.2 Å². The molecule has 0 saturated heterocycles. The Morgan fingerprint density at radius 3 is 2.46 bits per heavy atom. The largest absolute Gasteiger partial charge is 0.465 e. The molecule has 0 rings (SSSR count). The minimum Gasteiger partial charge on any atom is -0.465 e. The molecule has 0 fully saturated rings. The van der Waals surface area contributed by atoms with Gasteiger partial charge in [0.15, 0.2) is 0 Å². The third kappa shape index (κ3) is 7.27. The molecule has 5 heteroatoms. The van der Waals surface area contributed by atoms with Crippen LogP contribution in [0.1, 0.15) is 6.92 Å². The van der Waals surface area contributed by atoms with E-state index in [0.29, 0.717) is 6.61 Å². The first-order chi connectivity index (χ1) is 6.06. The van der Waals surface area contributed by atoms with Crippen molar-refractivity contribution in [1.82, 2.24) is 10.2 Å². The van der Waals surface area contributed by atoms with Crippen LogP contribution in [0.4, 0.5) is 0 Å². The van der Waals surface area contributed by atoms with E-state index in [-0.39, 0.29) is 19.0 Å². The molecule has 0 spiro atoms. The lowest BCUT2D eigenvalue weighted by molar-refractivity contribution is -0.143. The van der Waals surface area contributed by atoms with Crippen molar-refractivity contribution in [3.63, 3.8) is 0 Å². The molecule has 1 amide bonds. The Labute approximate surface area is 78.0 Å². The van der Waals surface area contributed by atoms with Crippen molar-refractivity contribution in [3.05, 3.63) is 0 Å². The number of amides is 1. The fraction of sp³-hybridized carbons (Fsp3) is 0.750. The van der Waals surface area contributed by atoms with Crippen molar-refractivity contribution in [3.8, 4) is 0 Å². The molecule has 1 N–H and O–H groups in total. The van der Waals surface area contributed by atoms with E-state index in [2.05, 4.69) is 10.1 Å². The molecule has 0 radical (unpaired) electrons. The van der Waals surface area contributed by atoms with E-state index >= 15 is 0 Å². The molecule has 0 unspecified atom stereocenters. The molecular formula is C8H16N2O3. The van der Waals surface area contributed by atoms with Crippen LogP contribution >= 0.6 is 0 Å². The molecule has 0 aliphatic rings. The number of rotatable bonds is 5. The number of esters is 1. The molecule has 76 valence electrons. The normalized spacial score (nSPS) is 9.85. The SMILES string of the molecule is CCOC(=O)CNC(=O)CN(C)C. The summed E-state index contributed by atoms with van der Waals surface area (Å²) in [6.07, 6.45) is 0. The maximum Gasteiger partial charge on any atom is 0.325 e. The summed E-state index contributed by atoms with van der Waals surface area (Å²) in [5.74, 6) is -0.590. The first-order valence-electron chi connectivity index (χ1n) is 4.13. The van der Waals surface area contributed by atoms with E-state index in [1.165, 1.54) is 0 Å². The summed E-state index contributed by atoms with van der Waals surface area (Å²) in [4.78, 5) is 23.5. The van der Waals surface area contributed by atoms with E-state index in [1.54, 1.807) is 25.9 Å². The molecule has 13 heavy (non-hydrogen) atoms. The number of hydrogen-bond acceptors (Lipinski definition) is 4. The maximum atomic E-state index is 11.0. The van der Waals surface area contributed by atoms with E-state index in [9.17, 15) is 9.59 Å². The average Bonchev–Trinajstić information content (AvgIpc) is 2.00. The predicted octanol–water partition coefficient (Wildman–Crippen LogP) is -0.773. The van der Waals surface area contributed by atoms with Crippen molar-refractivity contribution >= 4 is 11.9 Å². The summed E-state index contributed by atoms with van der Waals surface area (Å²) >= 11 is 0. The van der Waals surface area contributed by atoms with Gasteiger partial charge >= 0.3 is 5.97 Å². The van der Waals surface area contributed by atoms with Crippen molar-refractivity contribution < 1.29 is 14.3 Å². The van der Waals surface area contributed by atoms with Gasteiger partial charge < -0.3 is 15.0 Å². The third-order valence-electron chi connectivity index (χ3n) is 1.20. The van der Waals surface area contributed by atoms with Gasteiger partial charge in [-0.25, -0.2) is 0 Å². The highest BCUT2D eigenvalue weighted by atomic mass is 16.5. The van der Waals surface area contributed by atoms with Crippen LogP contribution in [-0.2, 0) is 14.3 Å². The molecule has 0 heterocycles. The lowest BCUT2D eigenvalue weighted by Gasteiger charge is -2.09. The highest BCUT2D eigenvalue weighted by Crippen LogP contribution is 1.77. The zero-order chi connectivity index (χ0) is 10.3. The van der Waals surface area contributed by atoms with E-state index in [4.69, 9.17) is 0 Å². The molecule has 0 atom stereocenters. The highest BCUT2D eigenvalue weighted by Gasteiger charge is 2.05. The Hall–Kier alpha value is -1.10. The van der Waals surface area contributed by atoms with Crippen LogP contribution in [0.3, 0.4) is 0 Å². The molecule has 0 aliphatic carbocycles. The Bertz CT molecular complexity index is 180. The van der Waals surface area contributed by atoms with Crippen LogP contribution in [0.5, 0.6) is 0 Å². The molecular weight excluding hydrogens is 172 g/mol. The van der Waals surface area contributed by atoms with Crippen LogP contribution in [0.15, 0.2) is 0 Å². The number of likely N-dealkylation sites (N-methyl/N-ethyl adjacent to an activating group) is 1. The molecule has 0 aliphatic heterocycles. The molecule has 5 nitrogen and oxygen atoms in total. The van der Waals surface area contributed by atoms with Gasteiger partial charge in [0.1, 0.15) is 6.54 Å². The minimum absolute atomic E-state index is 0.0550. The smallest absolute Gasteiger partial charge is 0.325 e. The fourth-order valence-corrected chi connectivity index (χ4v) is 0.726. The fourth-order valence-electron chi connectivity index (χ4n) is 0.726. The maximum absolute atomic E-state index is 11.0. The summed E-state index contributed by atoms with van der Waals surface area (Å²) in [6, 6.07) is 0. The van der Waals surface area contributed by atoms with Crippen molar-refractivity contribution in [2.24, 2.45) is 0 Å². The Morgan fingerprint density at radius 1 is 1.38 bits per heavy atom. The van der Waals surface area contributed by atoms with Crippen LogP contribution in [0.2, 0.25) is 0 Å². The average molecular weight is 188 g/mol. The van der Waals surface area contributed by atoms with Crippen molar-refractivity contribution in [2.75, 3.05) is 33.8 Å². The van der Waals surface area contributed by atoms with Gasteiger partial charge in [0, 0.05) is 0 Å². The standard InChI is InChI=1S/C8H16N2O3/c1-4-13-8(12)5-9-7(11)6-10(2)3/h4-6H2,1-3H3,(H,9,11). The Kier molecular flexibility index (Phi) is 5.88. The summed E-state index contributed by atoms with van der Waals surface area (Å²) in [5, 5.41) is 2.44. The lowest BCUT2D eigenvalue weighted by Crippen LogP contribution is -2.36. The number of ether oxygens (including phenoxy) is 1. The van der Waals surface area contributed by atoms with Crippen LogP contribution in [0, 0.1) is 0 Å². The third-order valence-corrected chi connectivity index (χ3v) is 1.20. The van der Waals surface area contributed by atoms with E-state index in [0.717, 1.165) is 0 Å². The second kappa shape index (κ2) is 6.42. The number of hydrogen-bond donors (Lipinski definition) is 1. The summed E-state index contributed by atoms with van der Waals surface area (Å²) in [6.45, 7) is 2.28. The number of carbonyl (C=O) groups is 2. The Morgan fingerprint density at radius 2 is 2.00 bits per heavy atom. The minimum atomic E-state index is -0.408. The number of nitrogens with one attached hydrogen (secondary N) is 1. The van der Waals surface area contributed by atoms with Crippen molar-refractivity contribution in [2.45, 2.75) is 6.92 Å². The monoisotopic (exact) mass is 188 g/mol. The van der Waals surface area contributed by atoms with Gasteiger partial charge in [-0.15, -0.1) is 0 Å². The van der Waals surface area contributed by atoms with Crippen LogP contribution < -0.4 is 5.32 Å². The number of nitrogens with zero attached hydrogens (tertiary/aromatic N) is 1. The quantitative estimate of drug-likeness (QED) is 0.575. The summed E-state index contributed by atoms with van der Waals surface area (Å²) in [5.41, 5.74) is 0. The van der Waals surface area contributed by atoms with Gasteiger partial charge in [-0.3, -0.25) is 9.59 Å². The highest BCUT2D eigenvalue weighted by molar-refractivity contribution is 5.83. The second-order valence-electron chi connectivity index (χ2n) is 2.82. The predicted molar refractivity (Wildman–Crippen MR) is 48.2 cm³/mol. The zero-order valence-electron chi connectivity index (χ0n) is 8.29.